The van der Waals surface area contributed by atoms with Crippen molar-refractivity contribution in [1.29, 1.82) is 0 Å². The topological polar surface area (TPSA) is 26.0 Å². The van der Waals surface area contributed by atoms with Crippen molar-refractivity contribution in [1.82, 2.24) is 0 Å². The van der Waals surface area contributed by atoms with Crippen molar-refractivity contribution in [3.8, 4) is 0 Å². The number of nitrogen functional groups attached to an aromatic ring is 1. The minimum atomic E-state index is -4.78. The summed E-state index contributed by atoms with van der Waals surface area (Å²) in [5.41, 5.74) is 1.49. The fraction of sp³-hybridized carbons (Fsp3) is 0.250. The average molecular weight is 308 g/mol. The zero-order chi connectivity index (χ0) is 12.7. The highest BCUT2D eigenvalue weighted by molar-refractivity contribution is 9.10. The molecule has 0 atom stereocenters. The number of anilines is 1. The normalized spacial score (nSPS) is 12.9. The Morgan fingerprint density at radius 1 is 0.875 bits per heavy atom. The highest BCUT2D eigenvalue weighted by Gasteiger charge is 2.38. The summed E-state index contributed by atoms with van der Waals surface area (Å²) in [4.78, 5) is 0. The molecule has 0 spiro atoms. The van der Waals surface area contributed by atoms with Crippen LogP contribution in [0, 0.1) is 0 Å². The predicted octanol–water partition coefficient (Wildman–Crippen LogP) is 4.07. The largest absolute Gasteiger partial charge is 0.418 e. The molecule has 0 heterocycles. The van der Waals surface area contributed by atoms with Crippen LogP contribution < -0.4 is 5.73 Å². The maximum absolute atomic E-state index is 12.3. The quantitative estimate of drug-likeness (QED) is 0.567. The lowest BCUT2D eigenvalue weighted by Gasteiger charge is -2.15. The SMILES string of the molecule is Nc1c(C(F)(F)F)ccc(C(F)(F)F)c1Br. The second kappa shape index (κ2) is 3.83. The number of halogens is 7. The van der Waals surface area contributed by atoms with E-state index in [1.807, 2.05) is 0 Å². The van der Waals surface area contributed by atoms with Gasteiger partial charge in [0.1, 0.15) is 0 Å². The smallest absolute Gasteiger partial charge is 0.397 e. The van der Waals surface area contributed by atoms with E-state index in [4.69, 9.17) is 5.73 Å². The number of hydrogen-bond donors (Lipinski definition) is 1. The second-order valence-corrected chi connectivity index (χ2v) is 3.68. The molecule has 16 heavy (non-hydrogen) atoms. The summed E-state index contributed by atoms with van der Waals surface area (Å²) in [5, 5.41) is 0. The van der Waals surface area contributed by atoms with Crippen LogP contribution in [0.4, 0.5) is 32.0 Å². The molecule has 0 bridgehead atoms. The van der Waals surface area contributed by atoms with E-state index in [2.05, 4.69) is 15.9 Å². The van der Waals surface area contributed by atoms with Gasteiger partial charge in [-0.3, -0.25) is 0 Å². The summed E-state index contributed by atoms with van der Waals surface area (Å²) in [6.45, 7) is 0. The zero-order valence-electron chi connectivity index (χ0n) is 7.38. The third-order valence-corrected chi connectivity index (χ3v) is 2.64. The maximum atomic E-state index is 12.3. The Bertz CT molecular complexity index is 369. The van der Waals surface area contributed by atoms with Crippen LogP contribution in [-0.4, -0.2) is 0 Å². The molecule has 1 aromatic carbocycles. The van der Waals surface area contributed by atoms with Crippen molar-refractivity contribution >= 4 is 21.6 Å². The van der Waals surface area contributed by atoms with Crippen LogP contribution in [0.1, 0.15) is 11.1 Å². The van der Waals surface area contributed by atoms with Crippen LogP contribution in [0.3, 0.4) is 0 Å². The van der Waals surface area contributed by atoms with Gasteiger partial charge in [-0.05, 0) is 28.1 Å². The minimum Gasteiger partial charge on any atom is -0.397 e. The van der Waals surface area contributed by atoms with Gasteiger partial charge in [-0.25, -0.2) is 0 Å². The molecule has 0 radical (unpaired) electrons. The third-order valence-electron chi connectivity index (χ3n) is 1.79. The number of hydrogen-bond acceptors (Lipinski definition) is 1. The van der Waals surface area contributed by atoms with Gasteiger partial charge in [0.15, 0.2) is 0 Å². The van der Waals surface area contributed by atoms with E-state index >= 15 is 0 Å². The van der Waals surface area contributed by atoms with Crippen LogP contribution in [0.15, 0.2) is 16.6 Å². The van der Waals surface area contributed by atoms with Crippen molar-refractivity contribution in [3.63, 3.8) is 0 Å². The van der Waals surface area contributed by atoms with Crippen molar-refractivity contribution in [2.75, 3.05) is 5.73 Å². The molecule has 0 aliphatic rings. The number of alkyl halides is 6. The molecule has 0 aliphatic carbocycles. The van der Waals surface area contributed by atoms with E-state index in [0.29, 0.717) is 12.1 Å². The Morgan fingerprint density at radius 3 is 1.62 bits per heavy atom. The molecule has 0 unspecified atom stereocenters. The van der Waals surface area contributed by atoms with Crippen molar-refractivity contribution in [3.05, 3.63) is 27.7 Å². The molecule has 1 nitrogen and oxygen atoms in total. The molecular weight excluding hydrogens is 304 g/mol. The van der Waals surface area contributed by atoms with E-state index in [9.17, 15) is 26.3 Å². The van der Waals surface area contributed by atoms with Gasteiger partial charge in [-0.2, -0.15) is 26.3 Å². The summed E-state index contributed by atoms with van der Waals surface area (Å²) in [7, 11) is 0. The first-order chi connectivity index (χ1) is 7.05. The molecular formula is C8H4BrF6N. The van der Waals surface area contributed by atoms with Gasteiger partial charge in [0.2, 0.25) is 0 Å². The molecule has 0 aromatic heterocycles. The number of benzene rings is 1. The van der Waals surface area contributed by atoms with E-state index < -0.39 is 33.6 Å². The van der Waals surface area contributed by atoms with Crippen LogP contribution >= 0.6 is 15.9 Å². The van der Waals surface area contributed by atoms with Gasteiger partial charge in [0.25, 0.3) is 0 Å². The highest BCUT2D eigenvalue weighted by atomic mass is 79.9. The monoisotopic (exact) mass is 307 g/mol. The van der Waals surface area contributed by atoms with Gasteiger partial charge in [0, 0.05) is 0 Å². The van der Waals surface area contributed by atoms with E-state index in [0.717, 1.165) is 0 Å². The van der Waals surface area contributed by atoms with E-state index in [1.165, 1.54) is 0 Å². The summed E-state index contributed by atoms with van der Waals surface area (Å²) >= 11 is 2.41. The third kappa shape index (κ3) is 2.42. The van der Waals surface area contributed by atoms with Crippen LogP contribution in [0.2, 0.25) is 0 Å². The Balaban J connectivity index is 3.41. The lowest BCUT2D eigenvalue weighted by molar-refractivity contribution is -0.141. The molecule has 0 fully saturated rings. The molecule has 0 amide bonds. The molecule has 1 aromatic rings. The van der Waals surface area contributed by atoms with Crippen molar-refractivity contribution in [2.45, 2.75) is 12.4 Å². The molecule has 0 saturated carbocycles. The van der Waals surface area contributed by atoms with E-state index in [1.54, 1.807) is 0 Å². The lowest BCUT2D eigenvalue weighted by atomic mass is 10.1. The molecule has 2 N–H and O–H groups in total. The first-order valence-corrected chi connectivity index (χ1v) is 4.57. The Hall–Kier alpha value is -0.920. The fourth-order valence-corrected chi connectivity index (χ4v) is 1.63. The Morgan fingerprint density at radius 2 is 1.25 bits per heavy atom. The van der Waals surface area contributed by atoms with Crippen LogP contribution in [0.25, 0.3) is 0 Å². The molecule has 0 saturated heterocycles. The zero-order valence-corrected chi connectivity index (χ0v) is 8.96. The first kappa shape index (κ1) is 13.1. The summed E-state index contributed by atoms with van der Waals surface area (Å²) < 4.78 is 72.9. The first-order valence-electron chi connectivity index (χ1n) is 3.77. The number of rotatable bonds is 0. The van der Waals surface area contributed by atoms with Gasteiger partial charge in [0.05, 0.1) is 21.3 Å². The van der Waals surface area contributed by atoms with Gasteiger partial charge < -0.3 is 5.73 Å². The highest BCUT2D eigenvalue weighted by Crippen LogP contribution is 2.43. The van der Waals surface area contributed by atoms with E-state index in [-0.39, 0.29) is 0 Å². The Labute approximate surface area is 94.4 Å². The number of nitrogens with two attached hydrogens (primary N) is 1. The maximum Gasteiger partial charge on any atom is 0.418 e. The van der Waals surface area contributed by atoms with Gasteiger partial charge in [-0.15, -0.1) is 0 Å². The molecule has 90 valence electrons. The summed E-state index contributed by atoms with van der Waals surface area (Å²) in [6, 6.07) is 0.645. The minimum absolute atomic E-state index is 0.308. The summed E-state index contributed by atoms with van der Waals surface area (Å²) in [6.07, 6.45) is -9.53. The van der Waals surface area contributed by atoms with Gasteiger partial charge >= 0.3 is 12.4 Å². The second-order valence-electron chi connectivity index (χ2n) is 2.88. The average Bonchev–Trinajstić information content (AvgIpc) is 2.05. The predicted molar refractivity (Wildman–Crippen MR) is 48.6 cm³/mol. The fourth-order valence-electron chi connectivity index (χ4n) is 1.06. The summed E-state index contributed by atoms with van der Waals surface area (Å²) in [5.74, 6) is 0. The molecule has 1 rings (SSSR count). The van der Waals surface area contributed by atoms with Crippen LogP contribution in [-0.2, 0) is 12.4 Å². The standard InChI is InChI=1S/C8H4BrF6N/c9-5-3(7(10,11)12)1-2-4(6(5)16)8(13,14)15/h1-2H,16H2. The van der Waals surface area contributed by atoms with Crippen molar-refractivity contribution < 1.29 is 26.3 Å². The molecule has 0 aliphatic heterocycles. The van der Waals surface area contributed by atoms with Gasteiger partial charge in [-0.1, -0.05) is 0 Å². The lowest BCUT2D eigenvalue weighted by Crippen LogP contribution is -2.13. The van der Waals surface area contributed by atoms with Crippen molar-refractivity contribution in [2.24, 2.45) is 0 Å². The Kier molecular flexibility index (Phi) is 3.15. The van der Waals surface area contributed by atoms with Crippen LogP contribution in [0.5, 0.6) is 0 Å². The molecule has 8 heteroatoms.